The summed E-state index contributed by atoms with van der Waals surface area (Å²) in [6.07, 6.45) is 11.4. The Hall–Kier alpha value is -0.830. The SMILES string of the molecule is C=C(CCCCCCCCCC(O)CCC)C(=O)O. The quantitative estimate of drug-likeness (QED) is 0.387. The minimum atomic E-state index is -0.870. The van der Waals surface area contributed by atoms with E-state index in [-0.39, 0.29) is 6.10 Å². The van der Waals surface area contributed by atoms with Gasteiger partial charge in [0.15, 0.2) is 0 Å². The van der Waals surface area contributed by atoms with Crippen molar-refractivity contribution in [3.8, 4) is 0 Å². The van der Waals surface area contributed by atoms with Crippen LogP contribution < -0.4 is 0 Å². The van der Waals surface area contributed by atoms with Crippen molar-refractivity contribution in [3.63, 3.8) is 0 Å². The van der Waals surface area contributed by atoms with E-state index in [9.17, 15) is 9.90 Å². The number of unbranched alkanes of at least 4 members (excludes halogenated alkanes) is 6. The Kier molecular flexibility index (Phi) is 11.7. The van der Waals surface area contributed by atoms with Crippen molar-refractivity contribution in [1.29, 1.82) is 0 Å². The van der Waals surface area contributed by atoms with Crippen molar-refractivity contribution in [1.82, 2.24) is 0 Å². The number of hydrogen-bond acceptors (Lipinski definition) is 2. The average molecular weight is 270 g/mol. The van der Waals surface area contributed by atoms with Crippen molar-refractivity contribution in [2.45, 2.75) is 83.7 Å². The summed E-state index contributed by atoms with van der Waals surface area (Å²) >= 11 is 0. The van der Waals surface area contributed by atoms with Gasteiger partial charge in [-0.25, -0.2) is 4.79 Å². The maximum atomic E-state index is 10.5. The maximum Gasteiger partial charge on any atom is 0.330 e. The summed E-state index contributed by atoms with van der Waals surface area (Å²) in [5.41, 5.74) is 0.324. The van der Waals surface area contributed by atoms with Crippen LogP contribution in [0.15, 0.2) is 12.2 Å². The Bertz CT molecular complexity index is 248. The average Bonchev–Trinajstić information content (AvgIpc) is 2.36. The third-order valence-corrected chi connectivity index (χ3v) is 3.44. The monoisotopic (exact) mass is 270 g/mol. The summed E-state index contributed by atoms with van der Waals surface area (Å²) in [5.74, 6) is -0.870. The number of aliphatic hydroxyl groups excluding tert-OH is 1. The number of aliphatic hydroxyl groups is 1. The summed E-state index contributed by atoms with van der Waals surface area (Å²) in [5, 5.41) is 18.2. The fourth-order valence-corrected chi connectivity index (χ4v) is 2.19. The predicted octanol–water partition coefficient (Wildman–Crippen LogP) is 4.30. The normalized spacial score (nSPS) is 12.3. The first-order valence-electron chi connectivity index (χ1n) is 7.67. The second kappa shape index (κ2) is 12.2. The van der Waals surface area contributed by atoms with E-state index in [1.54, 1.807) is 0 Å². The molecular weight excluding hydrogens is 240 g/mol. The van der Waals surface area contributed by atoms with Gasteiger partial charge in [0.1, 0.15) is 0 Å². The van der Waals surface area contributed by atoms with Crippen LogP contribution in [-0.4, -0.2) is 22.3 Å². The Morgan fingerprint density at radius 1 is 1.00 bits per heavy atom. The molecule has 3 heteroatoms. The molecule has 0 heterocycles. The molecule has 1 atom stereocenters. The highest BCUT2D eigenvalue weighted by Gasteiger charge is 2.03. The second-order valence-corrected chi connectivity index (χ2v) is 5.36. The molecule has 0 saturated heterocycles. The van der Waals surface area contributed by atoms with Crippen LogP contribution in [-0.2, 0) is 4.79 Å². The lowest BCUT2D eigenvalue weighted by Crippen LogP contribution is -2.04. The number of carbonyl (C=O) groups is 1. The lowest BCUT2D eigenvalue weighted by molar-refractivity contribution is -0.132. The fraction of sp³-hybridized carbons (Fsp3) is 0.812. The lowest BCUT2D eigenvalue weighted by Gasteiger charge is -2.08. The van der Waals surface area contributed by atoms with Crippen LogP contribution in [0.25, 0.3) is 0 Å². The van der Waals surface area contributed by atoms with E-state index < -0.39 is 5.97 Å². The number of hydrogen-bond donors (Lipinski definition) is 2. The first-order chi connectivity index (χ1) is 9.07. The van der Waals surface area contributed by atoms with E-state index >= 15 is 0 Å². The molecule has 1 unspecified atom stereocenters. The maximum absolute atomic E-state index is 10.5. The van der Waals surface area contributed by atoms with Gasteiger partial charge in [0.25, 0.3) is 0 Å². The van der Waals surface area contributed by atoms with Gasteiger partial charge in [-0.1, -0.05) is 58.4 Å². The first kappa shape index (κ1) is 18.2. The Labute approximate surface area is 117 Å². The molecule has 0 amide bonds. The van der Waals surface area contributed by atoms with Crippen LogP contribution in [0, 0.1) is 0 Å². The van der Waals surface area contributed by atoms with Gasteiger partial charge >= 0.3 is 5.97 Å². The highest BCUT2D eigenvalue weighted by atomic mass is 16.4. The van der Waals surface area contributed by atoms with Crippen LogP contribution in [0.5, 0.6) is 0 Å². The van der Waals surface area contributed by atoms with Gasteiger partial charge in [0.2, 0.25) is 0 Å². The van der Waals surface area contributed by atoms with Gasteiger partial charge in [0, 0.05) is 5.57 Å². The summed E-state index contributed by atoms with van der Waals surface area (Å²) in [6, 6.07) is 0. The molecule has 112 valence electrons. The van der Waals surface area contributed by atoms with E-state index in [2.05, 4.69) is 13.5 Å². The molecule has 0 bridgehead atoms. The smallest absolute Gasteiger partial charge is 0.330 e. The van der Waals surface area contributed by atoms with Crippen molar-refractivity contribution in [2.75, 3.05) is 0 Å². The summed E-state index contributed by atoms with van der Waals surface area (Å²) in [4.78, 5) is 10.5. The van der Waals surface area contributed by atoms with Crippen LogP contribution in [0.2, 0.25) is 0 Å². The molecule has 3 nitrogen and oxygen atoms in total. The zero-order valence-electron chi connectivity index (χ0n) is 12.4. The number of rotatable bonds is 13. The molecule has 0 aromatic rings. The van der Waals surface area contributed by atoms with Crippen LogP contribution >= 0.6 is 0 Å². The van der Waals surface area contributed by atoms with E-state index in [4.69, 9.17) is 5.11 Å². The summed E-state index contributed by atoms with van der Waals surface area (Å²) in [7, 11) is 0. The third-order valence-electron chi connectivity index (χ3n) is 3.44. The van der Waals surface area contributed by atoms with Crippen LogP contribution in [0.4, 0.5) is 0 Å². The van der Waals surface area contributed by atoms with Crippen LogP contribution in [0.3, 0.4) is 0 Å². The highest BCUT2D eigenvalue weighted by Crippen LogP contribution is 2.13. The summed E-state index contributed by atoms with van der Waals surface area (Å²) < 4.78 is 0. The molecule has 0 fully saturated rings. The minimum absolute atomic E-state index is 0.105. The Morgan fingerprint density at radius 3 is 2.05 bits per heavy atom. The molecule has 19 heavy (non-hydrogen) atoms. The van der Waals surface area contributed by atoms with Crippen molar-refractivity contribution >= 4 is 5.97 Å². The van der Waals surface area contributed by atoms with Crippen molar-refractivity contribution < 1.29 is 15.0 Å². The van der Waals surface area contributed by atoms with E-state index in [0.29, 0.717) is 12.0 Å². The highest BCUT2D eigenvalue weighted by molar-refractivity contribution is 5.85. The van der Waals surface area contributed by atoms with E-state index in [1.165, 1.54) is 25.7 Å². The van der Waals surface area contributed by atoms with Gasteiger partial charge in [-0.15, -0.1) is 0 Å². The van der Waals surface area contributed by atoms with Gasteiger partial charge in [-0.3, -0.25) is 0 Å². The van der Waals surface area contributed by atoms with Gasteiger partial charge in [0.05, 0.1) is 6.10 Å². The third kappa shape index (κ3) is 12.0. The molecule has 0 radical (unpaired) electrons. The molecule has 0 rings (SSSR count). The zero-order chi connectivity index (χ0) is 14.5. The molecule has 0 saturated carbocycles. The van der Waals surface area contributed by atoms with Gasteiger partial charge < -0.3 is 10.2 Å². The van der Waals surface area contributed by atoms with E-state index in [1.807, 2.05) is 0 Å². The zero-order valence-corrected chi connectivity index (χ0v) is 12.4. The van der Waals surface area contributed by atoms with Crippen molar-refractivity contribution in [3.05, 3.63) is 12.2 Å². The van der Waals surface area contributed by atoms with Crippen LogP contribution in [0.1, 0.15) is 77.6 Å². The molecule has 2 N–H and O–H groups in total. The lowest BCUT2D eigenvalue weighted by atomic mass is 10.0. The van der Waals surface area contributed by atoms with Gasteiger partial charge in [-0.05, 0) is 25.7 Å². The molecule has 0 aromatic carbocycles. The molecule has 0 aliphatic carbocycles. The molecule has 0 aromatic heterocycles. The Balaban J connectivity index is 3.19. The predicted molar refractivity (Wildman–Crippen MR) is 79.2 cm³/mol. The standard InChI is InChI=1S/C16H30O3/c1-3-11-15(17)13-10-8-6-4-5-7-9-12-14(2)16(18)19/h15,17H,2-13H2,1H3,(H,18,19). The van der Waals surface area contributed by atoms with Crippen molar-refractivity contribution in [2.24, 2.45) is 0 Å². The summed E-state index contributed by atoms with van der Waals surface area (Å²) in [6.45, 7) is 5.62. The molecule has 0 aliphatic rings. The topological polar surface area (TPSA) is 57.5 Å². The first-order valence-corrected chi connectivity index (χ1v) is 7.67. The number of carboxylic acid groups (broad SMARTS) is 1. The second-order valence-electron chi connectivity index (χ2n) is 5.36. The van der Waals surface area contributed by atoms with Gasteiger partial charge in [-0.2, -0.15) is 0 Å². The fourth-order valence-electron chi connectivity index (χ4n) is 2.19. The number of aliphatic carboxylic acids is 1. The molecule has 0 aliphatic heterocycles. The minimum Gasteiger partial charge on any atom is -0.478 e. The molecular formula is C16H30O3. The Morgan fingerprint density at radius 2 is 1.53 bits per heavy atom. The number of carboxylic acids is 1. The molecule has 0 spiro atoms. The largest absolute Gasteiger partial charge is 0.478 e. The van der Waals surface area contributed by atoms with E-state index in [0.717, 1.165) is 38.5 Å².